The third-order valence-electron chi connectivity index (χ3n) is 2.85. The van der Waals surface area contributed by atoms with Crippen molar-refractivity contribution < 1.29 is 28.4 Å². The van der Waals surface area contributed by atoms with Crippen molar-refractivity contribution in [2.45, 2.75) is 20.3 Å². The minimum absolute atomic E-state index is 0.448. The van der Waals surface area contributed by atoms with Crippen LogP contribution >= 0.6 is 0 Å². The lowest BCUT2D eigenvalue weighted by molar-refractivity contribution is -0.0158. The molecule has 0 aromatic heterocycles. The van der Waals surface area contributed by atoms with Gasteiger partial charge in [-0.15, -0.1) is 0 Å². The molecule has 0 aromatic rings. The molecule has 7 heteroatoms. The zero-order valence-electron chi connectivity index (χ0n) is 15.3. The molecule has 144 valence electrons. The maximum absolute atomic E-state index is 5.59. The summed E-state index contributed by atoms with van der Waals surface area (Å²) in [5.74, 6) is 0. The fourth-order valence-corrected chi connectivity index (χ4v) is 1.52. The molecule has 0 spiro atoms. The van der Waals surface area contributed by atoms with E-state index in [0.29, 0.717) is 72.7 Å². The highest BCUT2D eigenvalue weighted by atomic mass is 16.6. The summed E-state index contributed by atoms with van der Waals surface area (Å²) in [5.41, 5.74) is 6.32. The average molecular weight is 349 g/mol. The van der Waals surface area contributed by atoms with Crippen LogP contribution in [0.25, 0.3) is 0 Å². The van der Waals surface area contributed by atoms with Gasteiger partial charge in [-0.05, 0) is 13.3 Å². The fraction of sp³-hybridized carbons (Fsp3) is 0.882. The van der Waals surface area contributed by atoms with E-state index < -0.39 is 0 Å². The molecule has 0 aliphatic heterocycles. The normalized spacial score (nSPS) is 12.0. The zero-order chi connectivity index (χ0) is 17.7. The number of hydrogen-bond acceptors (Lipinski definition) is 7. The van der Waals surface area contributed by atoms with Gasteiger partial charge in [-0.2, -0.15) is 0 Å². The second kappa shape index (κ2) is 20.3. The Morgan fingerprint density at radius 1 is 0.625 bits per heavy atom. The summed E-state index contributed by atoms with van der Waals surface area (Å²) >= 11 is 0. The lowest BCUT2D eigenvalue weighted by Crippen LogP contribution is -2.14. The molecular weight excluding hydrogens is 314 g/mol. The molecule has 0 rings (SSSR count). The van der Waals surface area contributed by atoms with Gasteiger partial charge in [0.1, 0.15) is 0 Å². The van der Waals surface area contributed by atoms with Gasteiger partial charge in [0.2, 0.25) is 0 Å². The van der Waals surface area contributed by atoms with Crippen LogP contribution in [0.4, 0.5) is 0 Å². The summed E-state index contributed by atoms with van der Waals surface area (Å²) in [5, 5.41) is 0. The fourth-order valence-electron chi connectivity index (χ4n) is 1.52. The van der Waals surface area contributed by atoms with Crippen LogP contribution in [0.5, 0.6) is 0 Å². The predicted octanol–water partition coefficient (Wildman–Crippen LogP) is 1.36. The SMILES string of the molecule is C/C=C(\N)COCCOCCOCCOCCOCCOCCC. The molecule has 2 N–H and O–H groups in total. The van der Waals surface area contributed by atoms with Gasteiger partial charge in [-0.1, -0.05) is 13.0 Å². The van der Waals surface area contributed by atoms with Gasteiger partial charge in [0.25, 0.3) is 0 Å². The van der Waals surface area contributed by atoms with Crippen molar-refractivity contribution in [2.24, 2.45) is 5.73 Å². The number of ether oxygens (including phenoxy) is 6. The summed E-state index contributed by atoms with van der Waals surface area (Å²) < 4.78 is 32.1. The molecule has 7 nitrogen and oxygen atoms in total. The first kappa shape index (κ1) is 23.3. The second-order valence-electron chi connectivity index (χ2n) is 4.98. The topological polar surface area (TPSA) is 81.4 Å². The Hall–Kier alpha value is -0.700. The van der Waals surface area contributed by atoms with E-state index in [2.05, 4.69) is 6.92 Å². The van der Waals surface area contributed by atoms with Crippen molar-refractivity contribution >= 4 is 0 Å². The molecule has 0 heterocycles. The summed E-state index contributed by atoms with van der Waals surface area (Å²) in [7, 11) is 0. The van der Waals surface area contributed by atoms with E-state index in [1.165, 1.54) is 0 Å². The molecule has 0 aromatic carbocycles. The minimum Gasteiger partial charge on any atom is -0.400 e. The van der Waals surface area contributed by atoms with Gasteiger partial charge in [0.15, 0.2) is 0 Å². The van der Waals surface area contributed by atoms with Gasteiger partial charge in [0.05, 0.1) is 72.7 Å². The molecule has 24 heavy (non-hydrogen) atoms. The van der Waals surface area contributed by atoms with E-state index in [1.807, 2.05) is 13.0 Å². The number of hydrogen-bond donors (Lipinski definition) is 1. The van der Waals surface area contributed by atoms with Crippen LogP contribution < -0.4 is 5.73 Å². The summed E-state index contributed by atoms with van der Waals surface area (Å²) in [4.78, 5) is 0. The first-order valence-electron chi connectivity index (χ1n) is 8.68. The zero-order valence-corrected chi connectivity index (χ0v) is 15.3. The van der Waals surface area contributed by atoms with Crippen LogP contribution in [0.1, 0.15) is 20.3 Å². The van der Waals surface area contributed by atoms with Gasteiger partial charge in [0, 0.05) is 12.3 Å². The molecule has 0 saturated heterocycles. The first-order valence-corrected chi connectivity index (χ1v) is 8.68. The smallest absolute Gasteiger partial charge is 0.0858 e. The Kier molecular flexibility index (Phi) is 19.8. The van der Waals surface area contributed by atoms with E-state index in [0.717, 1.165) is 18.7 Å². The monoisotopic (exact) mass is 349 g/mol. The molecule has 0 amide bonds. The van der Waals surface area contributed by atoms with Crippen molar-refractivity contribution in [1.82, 2.24) is 0 Å². The number of allylic oxidation sites excluding steroid dienone is 1. The van der Waals surface area contributed by atoms with Gasteiger partial charge in [-0.3, -0.25) is 0 Å². The van der Waals surface area contributed by atoms with Crippen molar-refractivity contribution in [1.29, 1.82) is 0 Å². The minimum atomic E-state index is 0.448. The van der Waals surface area contributed by atoms with Crippen LogP contribution in [0.15, 0.2) is 11.8 Å². The molecule has 0 aliphatic rings. The maximum atomic E-state index is 5.59. The Balaban J connectivity index is 3.00. The number of rotatable bonds is 19. The highest BCUT2D eigenvalue weighted by molar-refractivity contribution is 4.93. The van der Waals surface area contributed by atoms with E-state index >= 15 is 0 Å². The van der Waals surface area contributed by atoms with Crippen LogP contribution in [0.2, 0.25) is 0 Å². The standard InChI is InChI=1S/C17H35NO6/c1-3-5-19-6-7-20-8-9-21-10-11-22-12-13-23-14-15-24-16-17(18)4-2/h4H,3,5-16,18H2,1-2H3/b17-4-. The molecule has 0 radical (unpaired) electrons. The quantitative estimate of drug-likeness (QED) is 0.353. The van der Waals surface area contributed by atoms with Crippen LogP contribution in [-0.2, 0) is 28.4 Å². The van der Waals surface area contributed by atoms with E-state index in [9.17, 15) is 0 Å². The summed E-state index contributed by atoms with van der Waals surface area (Å²) in [6.07, 6.45) is 2.86. The molecule has 0 unspecified atom stereocenters. The molecular formula is C17H35NO6. The highest BCUT2D eigenvalue weighted by Crippen LogP contribution is 1.87. The van der Waals surface area contributed by atoms with E-state index in [-0.39, 0.29) is 0 Å². The Morgan fingerprint density at radius 3 is 1.29 bits per heavy atom. The van der Waals surface area contributed by atoms with Crippen LogP contribution in [0, 0.1) is 0 Å². The largest absolute Gasteiger partial charge is 0.400 e. The van der Waals surface area contributed by atoms with Crippen LogP contribution in [-0.4, -0.2) is 79.3 Å². The Morgan fingerprint density at radius 2 is 0.958 bits per heavy atom. The third kappa shape index (κ3) is 19.3. The number of nitrogens with two attached hydrogens (primary N) is 1. The Bertz CT molecular complexity index is 276. The molecule has 0 fully saturated rings. The molecule has 0 aliphatic carbocycles. The van der Waals surface area contributed by atoms with Crippen molar-refractivity contribution in [3.05, 3.63) is 11.8 Å². The van der Waals surface area contributed by atoms with Gasteiger partial charge in [-0.25, -0.2) is 0 Å². The van der Waals surface area contributed by atoms with E-state index in [4.69, 9.17) is 34.2 Å². The molecule has 0 atom stereocenters. The second-order valence-corrected chi connectivity index (χ2v) is 4.98. The van der Waals surface area contributed by atoms with Gasteiger partial charge >= 0.3 is 0 Å². The summed E-state index contributed by atoms with van der Waals surface area (Å²) in [6.45, 7) is 10.9. The molecule has 0 saturated carbocycles. The lowest BCUT2D eigenvalue weighted by atomic mass is 10.4. The highest BCUT2D eigenvalue weighted by Gasteiger charge is 1.94. The van der Waals surface area contributed by atoms with Crippen molar-refractivity contribution in [3.8, 4) is 0 Å². The van der Waals surface area contributed by atoms with Crippen molar-refractivity contribution in [3.63, 3.8) is 0 Å². The van der Waals surface area contributed by atoms with Crippen LogP contribution in [0.3, 0.4) is 0 Å². The predicted molar refractivity (Wildman–Crippen MR) is 93.1 cm³/mol. The average Bonchev–Trinajstić information content (AvgIpc) is 2.60. The van der Waals surface area contributed by atoms with Crippen molar-refractivity contribution in [2.75, 3.05) is 79.3 Å². The van der Waals surface area contributed by atoms with Gasteiger partial charge < -0.3 is 34.2 Å². The van der Waals surface area contributed by atoms with E-state index in [1.54, 1.807) is 0 Å². The first-order chi connectivity index (χ1) is 11.8. The summed E-state index contributed by atoms with van der Waals surface area (Å²) in [6, 6.07) is 0. The lowest BCUT2D eigenvalue weighted by Gasteiger charge is -2.08. The molecule has 0 bridgehead atoms. The third-order valence-corrected chi connectivity index (χ3v) is 2.85. The Labute approximate surface area is 146 Å². The maximum Gasteiger partial charge on any atom is 0.0858 e.